The molecule has 1 aromatic rings. The summed E-state index contributed by atoms with van der Waals surface area (Å²) in [7, 11) is 0. The van der Waals surface area contributed by atoms with Crippen molar-refractivity contribution in [3.8, 4) is 0 Å². The number of alkyl halides is 1. The first-order chi connectivity index (χ1) is 8.49. The maximum atomic E-state index is 12.6. The van der Waals surface area contributed by atoms with Crippen LogP contribution in [0.25, 0.3) is 0 Å². The van der Waals surface area contributed by atoms with Crippen LogP contribution in [0.5, 0.6) is 0 Å². The highest BCUT2D eigenvalue weighted by atomic mass is 79.9. The van der Waals surface area contributed by atoms with E-state index in [0.717, 1.165) is 42.6 Å². The second-order valence-electron chi connectivity index (χ2n) is 5.26. The van der Waals surface area contributed by atoms with E-state index in [0.29, 0.717) is 4.83 Å². The average molecular weight is 310 g/mol. The van der Waals surface area contributed by atoms with Crippen molar-refractivity contribution >= 4 is 21.8 Å². The Labute approximate surface area is 117 Å². The maximum absolute atomic E-state index is 12.6. The minimum Gasteiger partial charge on any atom is -0.338 e. The lowest BCUT2D eigenvalue weighted by molar-refractivity contribution is 0.0728. The second kappa shape index (κ2) is 5.43. The van der Waals surface area contributed by atoms with Crippen molar-refractivity contribution in [1.29, 1.82) is 0 Å². The van der Waals surface area contributed by atoms with Gasteiger partial charge in [0.05, 0.1) is 0 Å². The number of benzene rings is 1. The smallest absolute Gasteiger partial charge is 0.254 e. The molecule has 1 aliphatic heterocycles. The minimum atomic E-state index is 0.189. The van der Waals surface area contributed by atoms with Crippen LogP contribution in [0.4, 0.5) is 0 Å². The first-order valence-electron chi connectivity index (χ1n) is 6.50. The van der Waals surface area contributed by atoms with Crippen molar-refractivity contribution in [2.45, 2.75) is 38.4 Å². The fraction of sp³-hybridized carbons (Fsp3) is 0.533. The molecule has 0 aromatic heterocycles. The molecule has 0 spiro atoms. The third-order valence-electron chi connectivity index (χ3n) is 3.54. The highest BCUT2D eigenvalue weighted by Crippen LogP contribution is 2.22. The highest BCUT2D eigenvalue weighted by Gasteiger charge is 2.24. The van der Waals surface area contributed by atoms with Crippen molar-refractivity contribution in [3.05, 3.63) is 34.4 Å². The molecule has 1 amide bonds. The van der Waals surface area contributed by atoms with Gasteiger partial charge < -0.3 is 4.90 Å². The predicted molar refractivity (Wildman–Crippen MR) is 78.5 cm³/mol. The zero-order chi connectivity index (χ0) is 13.3. The van der Waals surface area contributed by atoms with Gasteiger partial charge in [0.25, 0.3) is 5.91 Å². The number of likely N-dealkylation sites (tertiary alicyclic amines) is 1. The summed E-state index contributed by atoms with van der Waals surface area (Å²) in [6, 6.07) is 4.19. The van der Waals surface area contributed by atoms with Crippen LogP contribution in [0.1, 0.15) is 39.9 Å². The van der Waals surface area contributed by atoms with Crippen molar-refractivity contribution in [2.75, 3.05) is 13.1 Å². The third kappa shape index (κ3) is 2.77. The van der Waals surface area contributed by atoms with Crippen molar-refractivity contribution in [2.24, 2.45) is 0 Å². The number of aryl methyl sites for hydroxylation is 3. The lowest BCUT2D eigenvalue weighted by Gasteiger charge is -2.31. The van der Waals surface area contributed by atoms with Crippen LogP contribution >= 0.6 is 15.9 Å². The molecule has 18 heavy (non-hydrogen) atoms. The van der Waals surface area contributed by atoms with Crippen LogP contribution in [-0.4, -0.2) is 28.7 Å². The molecule has 1 aromatic carbocycles. The number of carbonyl (C=O) groups excluding carboxylic acids is 1. The summed E-state index contributed by atoms with van der Waals surface area (Å²) in [6.45, 7) is 7.84. The summed E-state index contributed by atoms with van der Waals surface area (Å²) in [5.74, 6) is 0.189. The molecular weight excluding hydrogens is 290 g/mol. The number of rotatable bonds is 1. The number of amides is 1. The van der Waals surface area contributed by atoms with E-state index in [1.165, 1.54) is 5.56 Å². The molecule has 2 rings (SSSR count). The molecule has 1 aliphatic rings. The van der Waals surface area contributed by atoms with Crippen LogP contribution in [0.15, 0.2) is 12.1 Å². The molecule has 0 N–H and O–H groups in total. The third-order valence-corrected chi connectivity index (χ3v) is 4.29. The normalized spacial score (nSPS) is 20.0. The number of hydrogen-bond acceptors (Lipinski definition) is 1. The van der Waals surface area contributed by atoms with E-state index < -0.39 is 0 Å². The quantitative estimate of drug-likeness (QED) is 0.726. The fourth-order valence-corrected chi connectivity index (χ4v) is 3.46. The first kappa shape index (κ1) is 13.6. The van der Waals surface area contributed by atoms with Gasteiger partial charge in [-0.15, -0.1) is 0 Å². The lowest BCUT2D eigenvalue weighted by atomic mass is 9.98. The molecule has 0 bridgehead atoms. The fourth-order valence-electron chi connectivity index (χ4n) is 2.79. The van der Waals surface area contributed by atoms with E-state index in [4.69, 9.17) is 0 Å². The molecule has 1 saturated heterocycles. The Balaban J connectivity index is 2.28. The molecule has 98 valence electrons. The van der Waals surface area contributed by atoms with E-state index in [1.54, 1.807) is 0 Å². The molecule has 0 radical (unpaired) electrons. The van der Waals surface area contributed by atoms with Crippen LogP contribution in [-0.2, 0) is 0 Å². The minimum absolute atomic E-state index is 0.189. The summed E-state index contributed by atoms with van der Waals surface area (Å²) >= 11 is 3.62. The van der Waals surface area contributed by atoms with Gasteiger partial charge in [0.2, 0.25) is 0 Å². The Hall–Kier alpha value is -0.830. The van der Waals surface area contributed by atoms with Crippen molar-refractivity contribution in [1.82, 2.24) is 4.90 Å². The van der Waals surface area contributed by atoms with Gasteiger partial charge in [-0.05, 0) is 44.7 Å². The molecule has 1 heterocycles. The Bertz CT molecular complexity index is 447. The van der Waals surface area contributed by atoms with Crippen LogP contribution in [0, 0.1) is 20.8 Å². The molecule has 1 unspecified atom stereocenters. The van der Waals surface area contributed by atoms with E-state index in [9.17, 15) is 4.79 Å². The van der Waals surface area contributed by atoms with Gasteiger partial charge >= 0.3 is 0 Å². The number of piperidine rings is 1. The summed E-state index contributed by atoms with van der Waals surface area (Å²) in [5.41, 5.74) is 4.30. The number of hydrogen-bond donors (Lipinski definition) is 0. The lowest BCUT2D eigenvalue weighted by Crippen LogP contribution is -2.40. The molecule has 0 aliphatic carbocycles. The molecular formula is C15H20BrNO. The molecule has 0 saturated carbocycles. The van der Waals surface area contributed by atoms with E-state index in [2.05, 4.69) is 35.0 Å². The van der Waals surface area contributed by atoms with Crippen molar-refractivity contribution in [3.63, 3.8) is 0 Å². The number of halogens is 1. The second-order valence-corrected chi connectivity index (χ2v) is 6.56. The topological polar surface area (TPSA) is 20.3 Å². The molecule has 1 atom stereocenters. The van der Waals surface area contributed by atoms with Crippen LogP contribution in [0.2, 0.25) is 0 Å². The average Bonchev–Trinajstić information content (AvgIpc) is 2.27. The Kier molecular flexibility index (Phi) is 4.10. The van der Waals surface area contributed by atoms with Gasteiger partial charge in [-0.25, -0.2) is 0 Å². The monoisotopic (exact) mass is 309 g/mol. The largest absolute Gasteiger partial charge is 0.338 e. The van der Waals surface area contributed by atoms with Gasteiger partial charge in [-0.2, -0.15) is 0 Å². The SMILES string of the molecule is Cc1cc(C)c(C(=O)N2CCCC(Br)C2)c(C)c1. The van der Waals surface area contributed by atoms with Crippen LogP contribution in [0.3, 0.4) is 0 Å². The standard InChI is InChI=1S/C15H20BrNO/c1-10-7-11(2)14(12(3)8-10)15(18)17-6-4-5-13(16)9-17/h7-8,13H,4-6,9H2,1-3H3. The van der Waals surface area contributed by atoms with Gasteiger partial charge in [-0.1, -0.05) is 33.6 Å². The van der Waals surface area contributed by atoms with Gasteiger partial charge in [0, 0.05) is 23.5 Å². The van der Waals surface area contributed by atoms with Gasteiger partial charge in [0.15, 0.2) is 0 Å². The summed E-state index contributed by atoms with van der Waals surface area (Å²) in [4.78, 5) is 15.0. The first-order valence-corrected chi connectivity index (χ1v) is 7.42. The Morgan fingerprint density at radius 1 is 1.28 bits per heavy atom. The van der Waals surface area contributed by atoms with E-state index >= 15 is 0 Å². The summed E-state index contributed by atoms with van der Waals surface area (Å²) in [6.07, 6.45) is 2.25. The van der Waals surface area contributed by atoms with E-state index in [-0.39, 0.29) is 5.91 Å². The summed E-state index contributed by atoms with van der Waals surface area (Å²) < 4.78 is 0. The molecule has 1 fully saturated rings. The molecule has 3 heteroatoms. The maximum Gasteiger partial charge on any atom is 0.254 e. The summed E-state index contributed by atoms with van der Waals surface area (Å²) in [5, 5.41) is 0. The van der Waals surface area contributed by atoms with Crippen molar-refractivity contribution < 1.29 is 4.79 Å². The van der Waals surface area contributed by atoms with E-state index in [1.807, 2.05) is 18.7 Å². The zero-order valence-corrected chi connectivity index (χ0v) is 12.9. The van der Waals surface area contributed by atoms with Gasteiger partial charge in [-0.3, -0.25) is 4.79 Å². The Morgan fingerprint density at radius 3 is 2.44 bits per heavy atom. The predicted octanol–water partition coefficient (Wildman–Crippen LogP) is 3.61. The van der Waals surface area contributed by atoms with Gasteiger partial charge in [0.1, 0.15) is 0 Å². The number of carbonyl (C=O) groups is 1. The highest BCUT2D eigenvalue weighted by molar-refractivity contribution is 9.09. The number of nitrogens with zero attached hydrogens (tertiary/aromatic N) is 1. The zero-order valence-electron chi connectivity index (χ0n) is 11.3. The Morgan fingerprint density at radius 2 is 1.89 bits per heavy atom. The van der Waals surface area contributed by atoms with Crippen LogP contribution < -0.4 is 0 Å². The molecule has 2 nitrogen and oxygen atoms in total.